The molecule has 0 aromatic carbocycles. The molecular weight excluding hydrogens is 243 g/mol. The molecule has 0 spiro atoms. The van der Waals surface area contributed by atoms with Crippen LogP contribution in [-0.2, 0) is 18.6 Å². The molecule has 0 fully saturated rings. The van der Waals surface area contributed by atoms with E-state index in [0.717, 1.165) is 11.1 Å². The molecule has 95 valence electrons. The van der Waals surface area contributed by atoms with Crippen LogP contribution in [0, 0.1) is 24.7 Å². The van der Waals surface area contributed by atoms with Crippen LogP contribution in [0.2, 0.25) is 0 Å². The van der Waals surface area contributed by atoms with E-state index in [2.05, 4.69) is 73.6 Å². The van der Waals surface area contributed by atoms with E-state index >= 15 is 0 Å². The van der Waals surface area contributed by atoms with Crippen molar-refractivity contribution in [2.75, 3.05) is 0 Å². The third-order valence-corrected chi connectivity index (χ3v) is 1.79. The Balaban J connectivity index is 0. The maximum Gasteiger partial charge on any atom is 2.00 e. The summed E-state index contributed by atoms with van der Waals surface area (Å²) in [6.45, 7) is 21.0. The van der Waals surface area contributed by atoms with Gasteiger partial charge in [0.2, 0.25) is 0 Å². The molecule has 0 saturated heterocycles. The van der Waals surface area contributed by atoms with E-state index in [0.29, 0.717) is 0 Å². The van der Waals surface area contributed by atoms with Crippen LogP contribution in [0.3, 0.4) is 0 Å². The van der Waals surface area contributed by atoms with Crippen molar-refractivity contribution in [3.8, 4) is 0 Å². The summed E-state index contributed by atoms with van der Waals surface area (Å²) >= 11 is 0. The molecule has 0 aromatic rings. The van der Waals surface area contributed by atoms with Crippen LogP contribution in [0.25, 0.3) is 0 Å². The van der Waals surface area contributed by atoms with Crippen molar-refractivity contribution in [1.82, 2.24) is 0 Å². The maximum absolute atomic E-state index is 4.02. The molecule has 0 aromatic heterocycles. The molecule has 0 rings (SSSR count). The van der Waals surface area contributed by atoms with E-state index in [-0.39, 0.29) is 29.4 Å². The first-order valence-electron chi connectivity index (χ1n) is 5.77. The molecule has 0 amide bonds. The number of hydrogen-bond acceptors (Lipinski definition) is 0. The summed E-state index contributed by atoms with van der Waals surface area (Å²) in [7, 11) is 0. The Labute approximate surface area is 120 Å². The Hall–Kier alpha value is -0.456. The number of hydrogen-bond donors (Lipinski definition) is 0. The van der Waals surface area contributed by atoms with Gasteiger partial charge in [-0.3, -0.25) is 0 Å². The molecule has 0 heterocycles. The van der Waals surface area contributed by atoms with E-state index < -0.39 is 0 Å². The van der Waals surface area contributed by atoms with Crippen LogP contribution >= 0.6 is 0 Å². The van der Waals surface area contributed by atoms with Gasteiger partial charge in [-0.2, -0.15) is 43.2 Å². The van der Waals surface area contributed by atoms with Crippen LogP contribution in [0.4, 0.5) is 0 Å². The minimum Gasteiger partial charge on any atom is -0.200 e. The minimum absolute atomic E-state index is 0. The average Bonchev–Trinajstić information content (AvgIpc) is 1.95. The van der Waals surface area contributed by atoms with Crippen molar-refractivity contribution in [3.05, 3.63) is 49.3 Å². The van der Waals surface area contributed by atoms with Crippen molar-refractivity contribution < 1.29 is 18.6 Å². The van der Waals surface area contributed by atoms with Crippen LogP contribution in [0.1, 0.15) is 41.5 Å². The minimum atomic E-state index is 0. The van der Waals surface area contributed by atoms with Crippen molar-refractivity contribution in [2.24, 2.45) is 10.8 Å². The summed E-state index contributed by atoms with van der Waals surface area (Å²) in [6.07, 6.45) is 8.40. The van der Waals surface area contributed by atoms with Crippen molar-refractivity contribution in [2.45, 2.75) is 41.5 Å². The zero-order valence-electron chi connectivity index (χ0n) is 12.2. The molecule has 1 radical (unpaired) electrons. The second-order valence-corrected chi connectivity index (χ2v) is 6.50. The van der Waals surface area contributed by atoms with Crippen molar-refractivity contribution in [1.29, 1.82) is 0 Å². The smallest absolute Gasteiger partial charge is 0.200 e. The van der Waals surface area contributed by atoms with E-state index in [4.69, 9.17) is 0 Å². The monoisotopic (exact) mass is 269 g/mol. The molecule has 0 atom stereocenters. The molecule has 1 heteroatoms. The summed E-state index contributed by atoms with van der Waals surface area (Å²) < 4.78 is 0. The molecule has 0 nitrogen and oxygen atoms in total. The van der Waals surface area contributed by atoms with E-state index in [1.165, 1.54) is 0 Å². The van der Waals surface area contributed by atoms with Gasteiger partial charge in [0.05, 0.1) is 0 Å². The fourth-order valence-corrected chi connectivity index (χ4v) is 1.24. The maximum atomic E-state index is 4.02. The summed E-state index contributed by atoms with van der Waals surface area (Å²) in [4.78, 5) is 0. The SMILES string of the molecule is [CH2-]C(/C=C/C(C)(C)C)=C\C([CH2-])=C\C(C)(C)C.[V+2]. The van der Waals surface area contributed by atoms with E-state index in [1.54, 1.807) is 0 Å². The molecule has 0 bridgehead atoms. The average molecular weight is 269 g/mol. The van der Waals surface area contributed by atoms with Gasteiger partial charge in [0, 0.05) is 0 Å². The Kier molecular flexibility index (Phi) is 7.88. The largest absolute Gasteiger partial charge is 2.00 e. The molecule has 0 aliphatic heterocycles. The van der Waals surface area contributed by atoms with Crippen LogP contribution in [0.15, 0.2) is 35.5 Å². The Morgan fingerprint density at radius 2 is 1.29 bits per heavy atom. The van der Waals surface area contributed by atoms with E-state index in [1.807, 2.05) is 6.08 Å². The van der Waals surface area contributed by atoms with Gasteiger partial charge in [0.1, 0.15) is 0 Å². The van der Waals surface area contributed by atoms with E-state index in [9.17, 15) is 0 Å². The van der Waals surface area contributed by atoms with Crippen molar-refractivity contribution in [3.63, 3.8) is 0 Å². The Morgan fingerprint density at radius 3 is 1.65 bits per heavy atom. The number of allylic oxidation sites excluding steroid dienone is 6. The zero-order chi connectivity index (χ0) is 13.0. The van der Waals surface area contributed by atoms with Gasteiger partial charge in [-0.15, -0.1) is 6.08 Å². The molecule has 0 aliphatic rings. The summed E-state index contributed by atoms with van der Waals surface area (Å²) in [5, 5.41) is 0. The summed E-state index contributed by atoms with van der Waals surface area (Å²) in [5.41, 5.74) is 2.39. The third kappa shape index (κ3) is 13.5. The normalized spacial score (nSPS) is 14.9. The van der Waals surface area contributed by atoms with Gasteiger partial charge in [0.25, 0.3) is 0 Å². The first-order chi connectivity index (χ1) is 6.99. The quantitative estimate of drug-likeness (QED) is 0.480. The predicted octanol–water partition coefficient (Wildman–Crippen LogP) is 5.15. The summed E-state index contributed by atoms with van der Waals surface area (Å²) in [5.74, 6) is 0. The van der Waals surface area contributed by atoms with Crippen LogP contribution in [0.5, 0.6) is 0 Å². The van der Waals surface area contributed by atoms with Gasteiger partial charge in [-0.25, -0.2) is 0 Å². The predicted molar refractivity (Wildman–Crippen MR) is 74.9 cm³/mol. The molecule has 17 heavy (non-hydrogen) atoms. The van der Waals surface area contributed by atoms with Crippen molar-refractivity contribution >= 4 is 0 Å². The van der Waals surface area contributed by atoms with Gasteiger partial charge >= 0.3 is 18.6 Å². The molecular formula is C16H26V. The van der Waals surface area contributed by atoms with Gasteiger partial charge in [0.15, 0.2) is 0 Å². The second-order valence-electron chi connectivity index (χ2n) is 6.50. The van der Waals surface area contributed by atoms with Crippen LogP contribution in [-0.4, -0.2) is 0 Å². The molecule has 0 N–H and O–H groups in total. The first kappa shape index (κ1) is 18.9. The molecule has 0 unspecified atom stereocenters. The number of rotatable bonds is 2. The molecule has 0 saturated carbocycles. The molecule has 0 aliphatic carbocycles. The first-order valence-corrected chi connectivity index (χ1v) is 5.77. The second kappa shape index (κ2) is 7.08. The third-order valence-electron chi connectivity index (χ3n) is 1.79. The Bertz CT molecular complexity index is 303. The fourth-order valence-electron chi connectivity index (χ4n) is 1.24. The van der Waals surface area contributed by atoms with Crippen LogP contribution < -0.4 is 0 Å². The van der Waals surface area contributed by atoms with Gasteiger partial charge < -0.3 is 0 Å². The zero-order valence-corrected chi connectivity index (χ0v) is 13.6. The standard InChI is InChI=1S/C16H26.V/c1-13(9-10-15(3,4)5)11-14(2)12-16(6,7)8;/h9-12H,1-2H2,3-8H3;/q-2;+2/b10-9+,13-11+,14-12+;. The van der Waals surface area contributed by atoms with Gasteiger partial charge in [-0.1, -0.05) is 47.0 Å². The van der Waals surface area contributed by atoms with Gasteiger partial charge in [-0.05, 0) is 5.41 Å². The fraction of sp³-hybridized carbons (Fsp3) is 0.500. The topological polar surface area (TPSA) is 0 Å². The Morgan fingerprint density at radius 1 is 0.824 bits per heavy atom. The summed E-state index contributed by atoms with van der Waals surface area (Å²) in [6, 6.07) is 0.